The van der Waals surface area contributed by atoms with Crippen LogP contribution >= 0.6 is 22.6 Å². The van der Waals surface area contributed by atoms with E-state index in [9.17, 15) is 13.6 Å². The summed E-state index contributed by atoms with van der Waals surface area (Å²) in [5.41, 5.74) is 5.56. The molecule has 2 N–H and O–H groups in total. The highest BCUT2D eigenvalue weighted by Gasteiger charge is 2.19. The quantitative estimate of drug-likeness (QED) is 0.518. The van der Waals surface area contributed by atoms with E-state index in [1.165, 1.54) is 19.1 Å². The highest BCUT2D eigenvalue weighted by atomic mass is 127. The van der Waals surface area contributed by atoms with Gasteiger partial charge in [0.25, 0.3) is 6.43 Å². The smallest absolute Gasteiger partial charge is 0.265 e. The second-order valence-electron chi connectivity index (χ2n) is 2.82. The normalized spacial score (nSPS) is 10.6. The molecular weight excluding hydrogens is 303 g/mol. The van der Waals surface area contributed by atoms with Gasteiger partial charge in [0.05, 0.1) is 0 Å². The monoisotopic (exact) mass is 311 g/mol. The number of hydrogen-bond donors (Lipinski definition) is 1. The average Bonchev–Trinajstić information content (AvgIpc) is 2.01. The molecule has 1 aromatic rings. The minimum atomic E-state index is -2.65. The zero-order chi connectivity index (χ0) is 10.9. The molecule has 0 aliphatic heterocycles. The van der Waals surface area contributed by atoms with Crippen LogP contribution in [0.5, 0.6) is 0 Å². The molecule has 0 aliphatic rings. The molecule has 0 atom stereocenters. The van der Waals surface area contributed by atoms with Gasteiger partial charge in [-0.25, -0.2) is 8.78 Å². The zero-order valence-corrected chi connectivity index (χ0v) is 9.51. The summed E-state index contributed by atoms with van der Waals surface area (Å²) in [5.74, 6) is -0.398. The second-order valence-corrected chi connectivity index (χ2v) is 3.98. The first-order chi connectivity index (χ1) is 6.43. The van der Waals surface area contributed by atoms with Crippen LogP contribution in [0, 0.1) is 3.57 Å². The van der Waals surface area contributed by atoms with Crippen molar-refractivity contribution in [2.24, 2.45) is 0 Å². The number of alkyl halides is 2. The Kier molecular flexibility index (Phi) is 3.41. The van der Waals surface area contributed by atoms with E-state index in [1.54, 1.807) is 22.6 Å². The fraction of sp³-hybridized carbons (Fsp3) is 0.222. The first-order valence-corrected chi connectivity index (χ1v) is 4.89. The number of carbonyl (C=O) groups is 1. The predicted molar refractivity (Wildman–Crippen MR) is 58.5 cm³/mol. The van der Waals surface area contributed by atoms with Gasteiger partial charge in [-0.3, -0.25) is 4.79 Å². The van der Waals surface area contributed by atoms with Crippen molar-refractivity contribution in [3.8, 4) is 0 Å². The maximum atomic E-state index is 12.6. The van der Waals surface area contributed by atoms with E-state index in [-0.39, 0.29) is 11.1 Å². The van der Waals surface area contributed by atoms with Gasteiger partial charge in [-0.2, -0.15) is 0 Å². The van der Waals surface area contributed by atoms with Gasteiger partial charge in [0.15, 0.2) is 5.78 Å². The summed E-state index contributed by atoms with van der Waals surface area (Å²) in [7, 11) is 0. The molecule has 14 heavy (non-hydrogen) atoms. The summed E-state index contributed by atoms with van der Waals surface area (Å²) in [6.45, 7) is 1.25. The number of benzene rings is 1. The van der Waals surface area contributed by atoms with Crippen LogP contribution in [0.1, 0.15) is 29.3 Å². The second kappa shape index (κ2) is 4.20. The number of anilines is 1. The Morgan fingerprint density at radius 1 is 1.50 bits per heavy atom. The van der Waals surface area contributed by atoms with Crippen LogP contribution in [0.15, 0.2) is 12.1 Å². The van der Waals surface area contributed by atoms with Crippen LogP contribution in [-0.2, 0) is 0 Å². The Morgan fingerprint density at radius 3 is 2.50 bits per heavy atom. The van der Waals surface area contributed by atoms with Gasteiger partial charge in [0.1, 0.15) is 0 Å². The lowest BCUT2D eigenvalue weighted by Crippen LogP contribution is -2.04. The zero-order valence-electron chi connectivity index (χ0n) is 7.35. The maximum absolute atomic E-state index is 12.6. The van der Waals surface area contributed by atoms with Crippen molar-refractivity contribution in [3.63, 3.8) is 0 Å². The lowest BCUT2D eigenvalue weighted by atomic mass is 10.0. The predicted octanol–water partition coefficient (Wildman–Crippen LogP) is 3.01. The number of nitrogens with two attached hydrogens (primary N) is 1. The number of rotatable bonds is 2. The molecule has 1 rings (SSSR count). The highest BCUT2D eigenvalue weighted by molar-refractivity contribution is 14.1. The fourth-order valence-corrected chi connectivity index (χ4v) is 2.04. The third-order valence-corrected chi connectivity index (χ3v) is 2.64. The van der Waals surface area contributed by atoms with Crippen LogP contribution < -0.4 is 5.73 Å². The molecule has 0 saturated carbocycles. The minimum absolute atomic E-state index is 0.00407. The van der Waals surface area contributed by atoms with E-state index in [1.807, 2.05) is 0 Å². The summed E-state index contributed by atoms with van der Waals surface area (Å²) in [5, 5.41) is 0. The number of hydrogen-bond acceptors (Lipinski definition) is 2. The van der Waals surface area contributed by atoms with Crippen molar-refractivity contribution >= 4 is 34.1 Å². The highest BCUT2D eigenvalue weighted by Crippen LogP contribution is 2.30. The van der Waals surface area contributed by atoms with E-state index < -0.39 is 12.2 Å². The largest absolute Gasteiger partial charge is 0.399 e. The molecule has 0 fully saturated rings. The summed E-state index contributed by atoms with van der Waals surface area (Å²) in [6, 6.07) is 2.71. The molecule has 76 valence electrons. The Hall–Kier alpha value is -0.720. The molecule has 1 aromatic carbocycles. The number of halogens is 3. The van der Waals surface area contributed by atoms with E-state index in [0.29, 0.717) is 9.26 Å². The van der Waals surface area contributed by atoms with Crippen LogP contribution in [0.25, 0.3) is 0 Å². The van der Waals surface area contributed by atoms with Crippen LogP contribution in [0.2, 0.25) is 0 Å². The van der Waals surface area contributed by atoms with Gasteiger partial charge >= 0.3 is 0 Å². The van der Waals surface area contributed by atoms with Gasteiger partial charge in [0, 0.05) is 20.4 Å². The van der Waals surface area contributed by atoms with Crippen molar-refractivity contribution < 1.29 is 13.6 Å². The van der Waals surface area contributed by atoms with Crippen molar-refractivity contribution in [1.82, 2.24) is 0 Å². The lowest BCUT2D eigenvalue weighted by Gasteiger charge is -2.09. The van der Waals surface area contributed by atoms with E-state index in [2.05, 4.69) is 0 Å². The van der Waals surface area contributed by atoms with Crippen molar-refractivity contribution in [2.45, 2.75) is 13.3 Å². The van der Waals surface area contributed by atoms with Crippen LogP contribution in [0.3, 0.4) is 0 Å². The Morgan fingerprint density at radius 2 is 2.07 bits per heavy atom. The number of Topliss-reactive ketones (excluding diaryl/α,β-unsaturated/α-hetero) is 1. The van der Waals surface area contributed by atoms with Crippen molar-refractivity contribution in [3.05, 3.63) is 26.8 Å². The molecule has 2 nitrogen and oxygen atoms in total. The summed E-state index contributed by atoms with van der Waals surface area (Å²) >= 11 is 1.75. The molecule has 0 radical (unpaired) electrons. The van der Waals surface area contributed by atoms with Gasteiger partial charge < -0.3 is 5.73 Å². The molecule has 0 spiro atoms. The standard InChI is InChI=1S/C9H8F2INO/c1-4(14)6-2-5(13)3-7(12)8(6)9(10)11/h2-3,9H,13H2,1H3. The Bertz CT molecular complexity index is 379. The fourth-order valence-electron chi connectivity index (χ4n) is 1.15. The van der Waals surface area contributed by atoms with E-state index in [4.69, 9.17) is 5.73 Å². The third-order valence-electron chi connectivity index (χ3n) is 1.75. The van der Waals surface area contributed by atoms with Gasteiger partial charge in [0.2, 0.25) is 0 Å². The molecule has 0 amide bonds. The van der Waals surface area contributed by atoms with Gasteiger partial charge in [-0.05, 0) is 41.6 Å². The van der Waals surface area contributed by atoms with Crippen LogP contribution in [0.4, 0.5) is 14.5 Å². The SMILES string of the molecule is CC(=O)c1cc(N)cc(I)c1C(F)F. The molecule has 0 aromatic heterocycles. The average molecular weight is 311 g/mol. The van der Waals surface area contributed by atoms with Crippen molar-refractivity contribution in [1.29, 1.82) is 0 Å². The van der Waals surface area contributed by atoms with E-state index >= 15 is 0 Å². The topological polar surface area (TPSA) is 43.1 Å². The van der Waals surface area contributed by atoms with Gasteiger partial charge in [-0.1, -0.05) is 0 Å². The molecule has 5 heteroatoms. The van der Waals surface area contributed by atoms with E-state index in [0.717, 1.165) is 0 Å². The number of carbonyl (C=O) groups excluding carboxylic acids is 1. The Balaban J connectivity index is 3.44. The minimum Gasteiger partial charge on any atom is -0.399 e. The molecule has 0 heterocycles. The van der Waals surface area contributed by atoms with Crippen molar-refractivity contribution in [2.75, 3.05) is 5.73 Å². The molecular formula is C9H8F2INO. The first-order valence-electron chi connectivity index (χ1n) is 3.81. The third kappa shape index (κ3) is 2.20. The van der Waals surface area contributed by atoms with Gasteiger partial charge in [-0.15, -0.1) is 0 Å². The maximum Gasteiger partial charge on any atom is 0.265 e. The Labute approximate surface area is 93.6 Å². The summed E-state index contributed by atoms with van der Waals surface area (Å²) in [4.78, 5) is 11.1. The van der Waals surface area contributed by atoms with Crippen LogP contribution in [-0.4, -0.2) is 5.78 Å². The number of nitrogen functional groups attached to an aromatic ring is 1. The number of ketones is 1. The summed E-state index contributed by atoms with van der Waals surface area (Å²) < 4.78 is 25.5. The molecule has 0 saturated heterocycles. The lowest BCUT2D eigenvalue weighted by molar-refractivity contribution is 0.0998. The first kappa shape index (κ1) is 11.4. The molecule has 0 aliphatic carbocycles. The molecule has 0 unspecified atom stereocenters. The summed E-state index contributed by atoms with van der Waals surface area (Å²) in [6.07, 6.45) is -2.65. The molecule has 0 bridgehead atoms.